The van der Waals surface area contributed by atoms with E-state index in [0.29, 0.717) is 24.6 Å². The first-order valence-electron chi connectivity index (χ1n) is 10.7. The van der Waals surface area contributed by atoms with Gasteiger partial charge in [-0.1, -0.05) is 49.7 Å². The molecule has 3 rings (SSSR count). The van der Waals surface area contributed by atoms with E-state index in [1.54, 1.807) is 13.0 Å². The Hall–Kier alpha value is -2.69. The smallest absolute Gasteiger partial charge is 0.252 e. The highest BCUT2D eigenvalue weighted by Crippen LogP contribution is 2.28. The van der Waals surface area contributed by atoms with E-state index in [2.05, 4.69) is 36.5 Å². The van der Waals surface area contributed by atoms with Crippen LogP contribution in [0, 0.1) is 25.6 Å². The average molecular weight is 411 g/mol. The molecule has 0 radical (unpaired) electrons. The van der Waals surface area contributed by atoms with Gasteiger partial charge in [0.05, 0.1) is 0 Å². The monoisotopic (exact) mass is 410 g/mol. The molecular weight excluding hydrogens is 379 g/mol. The molecule has 0 unspecified atom stereocenters. The third-order valence-electron chi connectivity index (χ3n) is 6.02. The van der Waals surface area contributed by atoms with Gasteiger partial charge in [0, 0.05) is 18.7 Å². The van der Waals surface area contributed by atoms with E-state index in [0.717, 1.165) is 12.8 Å². The van der Waals surface area contributed by atoms with Gasteiger partial charge in [-0.3, -0.25) is 9.59 Å². The number of carbonyl (C=O) groups is 2. The summed E-state index contributed by atoms with van der Waals surface area (Å²) in [7, 11) is 0. The van der Waals surface area contributed by atoms with Crippen molar-refractivity contribution in [1.29, 1.82) is 0 Å². The van der Waals surface area contributed by atoms with Crippen molar-refractivity contribution in [2.45, 2.75) is 52.5 Å². The van der Waals surface area contributed by atoms with Gasteiger partial charge in [-0.15, -0.1) is 0 Å². The molecule has 1 atom stereocenters. The number of amides is 2. The Balaban J connectivity index is 1.65. The fraction of sp³-hybridized carbons (Fsp3) is 0.440. The van der Waals surface area contributed by atoms with Gasteiger partial charge in [-0.25, -0.2) is 4.39 Å². The summed E-state index contributed by atoms with van der Waals surface area (Å²) in [6, 6.07) is 12.1. The molecule has 1 heterocycles. The van der Waals surface area contributed by atoms with E-state index in [4.69, 9.17) is 0 Å². The molecule has 4 nitrogen and oxygen atoms in total. The summed E-state index contributed by atoms with van der Waals surface area (Å²) in [5, 5.41) is 2.85. The van der Waals surface area contributed by atoms with Crippen LogP contribution >= 0.6 is 0 Å². The summed E-state index contributed by atoms with van der Waals surface area (Å²) < 4.78 is 13.6. The Kier molecular flexibility index (Phi) is 6.91. The summed E-state index contributed by atoms with van der Waals surface area (Å²) >= 11 is 0. The maximum absolute atomic E-state index is 13.6. The number of hydrogen-bond donors (Lipinski definition) is 1. The molecule has 0 aromatic heterocycles. The maximum Gasteiger partial charge on any atom is 0.252 e. The second kappa shape index (κ2) is 9.41. The summed E-state index contributed by atoms with van der Waals surface area (Å²) in [5.41, 5.74) is 3.52. The van der Waals surface area contributed by atoms with Crippen molar-refractivity contribution in [1.82, 2.24) is 10.2 Å². The van der Waals surface area contributed by atoms with Gasteiger partial charge in [0.1, 0.15) is 11.9 Å². The van der Waals surface area contributed by atoms with Crippen molar-refractivity contribution in [3.8, 4) is 0 Å². The molecule has 2 aromatic rings. The first-order chi connectivity index (χ1) is 14.3. The predicted molar refractivity (Wildman–Crippen MR) is 117 cm³/mol. The molecule has 1 aliphatic rings. The van der Waals surface area contributed by atoms with Crippen LogP contribution in [-0.2, 0) is 4.79 Å². The highest BCUT2D eigenvalue weighted by Gasteiger charge is 2.32. The minimum Gasteiger partial charge on any atom is -0.341 e. The number of carbonyl (C=O) groups excluding carboxylic acids is 2. The van der Waals surface area contributed by atoms with Crippen LogP contribution in [0.1, 0.15) is 59.7 Å². The Labute approximate surface area is 178 Å². The van der Waals surface area contributed by atoms with Crippen molar-refractivity contribution >= 4 is 11.8 Å². The van der Waals surface area contributed by atoms with Gasteiger partial charge in [0.15, 0.2) is 0 Å². The highest BCUT2D eigenvalue weighted by atomic mass is 19.1. The van der Waals surface area contributed by atoms with E-state index >= 15 is 0 Å². The molecule has 1 saturated heterocycles. The topological polar surface area (TPSA) is 49.4 Å². The largest absolute Gasteiger partial charge is 0.341 e. The Morgan fingerprint density at radius 3 is 2.27 bits per heavy atom. The molecule has 2 amide bonds. The first-order valence-corrected chi connectivity index (χ1v) is 10.7. The fourth-order valence-electron chi connectivity index (χ4n) is 4.04. The van der Waals surface area contributed by atoms with E-state index in [1.807, 2.05) is 18.7 Å². The van der Waals surface area contributed by atoms with Crippen molar-refractivity contribution in [3.63, 3.8) is 0 Å². The lowest BCUT2D eigenvalue weighted by Crippen LogP contribution is -2.53. The van der Waals surface area contributed by atoms with E-state index in [-0.39, 0.29) is 17.4 Å². The number of hydrogen-bond acceptors (Lipinski definition) is 2. The second-order valence-corrected chi connectivity index (χ2v) is 8.66. The third kappa shape index (κ3) is 5.07. The van der Waals surface area contributed by atoms with Gasteiger partial charge < -0.3 is 10.2 Å². The Bertz CT molecular complexity index is 900. The van der Waals surface area contributed by atoms with Crippen LogP contribution in [0.3, 0.4) is 0 Å². The summed E-state index contributed by atoms with van der Waals surface area (Å²) in [6.07, 6.45) is 1.83. The lowest BCUT2D eigenvalue weighted by Gasteiger charge is -2.35. The zero-order valence-electron chi connectivity index (χ0n) is 18.2. The zero-order valence-corrected chi connectivity index (χ0v) is 18.2. The summed E-state index contributed by atoms with van der Waals surface area (Å²) in [6.45, 7) is 9.03. The van der Waals surface area contributed by atoms with Crippen molar-refractivity contribution < 1.29 is 14.0 Å². The van der Waals surface area contributed by atoms with Crippen LogP contribution in [0.2, 0.25) is 0 Å². The van der Waals surface area contributed by atoms with Crippen molar-refractivity contribution in [2.75, 3.05) is 13.1 Å². The van der Waals surface area contributed by atoms with Crippen LogP contribution in [0.25, 0.3) is 0 Å². The molecule has 2 aromatic carbocycles. The molecule has 1 aliphatic heterocycles. The number of aryl methyl sites for hydroxylation is 2. The van der Waals surface area contributed by atoms with Gasteiger partial charge >= 0.3 is 0 Å². The number of rotatable bonds is 5. The normalized spacial score (nSPS) is 15.9. The SMILES string of the molecule is Cc1ccc(C2CCN(C(=O)[C@H](NC(=O)c3cc(F)ccc3C)C(C)C)CC2)cc1. The van der Waals surface area contributed by atoms with E-state index in [9.17, 15) is 14.0 Å². The zero-order chi connectivity index (χ0) is 21.8. The summed E-state index contributed by atoms with van der Waals surface area (Å²) in [4.78, 5) is 27.8. The fourth-order valence-corrected chi connectivity index (χ4v) is 4.04. The van der Waals surface area contributed by atoms with Gasteiger partial charge in [-0.2, -0.15) is 0 Å². The number of halogens is 1. The van der Waals surface area contributed by atoms with Crippen LogP contribution in [0.15, 0.2) is 42.5 Å². The molecule has 0 bridgehead atoms. The van der Waals surface area contributed by atoms with E-state index < -0.39 is 17.8 Å². The average Bonchev–Trinajstić information content (AvgIpc) is 2.73. The van der Waals surface area contributed by atoms with E-state index in [1.165, 1.54) is 23.3 Å². The minimum atomic E-state index is -0.629. The molecule has 160 valence electrons. The molecule has 30 heavy (non-hydrogen) atoms. The predicted octanol–water partition coefficient (Wildman–Crippen LogP) is 4.60. The lowest BCUT2D eigenvalue weighted by molar-refractivity contribution is -0.135. The molecule has 1 fully saturated rings. The van der Waals surface area contributed by atoms with Gasteiger partial charge in [0.2, 0.25) is 5.91 Å². The van der Waals surface area contributed by atoms with Crippen LogP contribution in [0.5, 0.6) is 0 Å². The minimum absolute atomic E-state index is 0.0604. The molecule has 1 N–H and O–H groups in total. The maximum atomic E-state index is 13.6. The molecule has 0 aliphatic carbocycles. The standard InChI is InChI=1S/C25H31FN2O2/c1-16(2)23(27-24(29)22-15-21(26)10-7-18(22)4)25(30)28-13-11-20(12-14-28)19-8-5-17(3)6-9-19/h5-10,15-16,20,23H,11-14H2,1-4H3,(H,27,29)/t23-/m1/s1. The molecule has 5 heteroatoms. The van der Waals surface area contributed by atoms with Gasteiger partial charge in [0.25, 0.3) is 5.91 Å². The van der Waals surface area contributed by atoms with Crippen LogP contribution in [-0.4, -0.2) is 35.8 Å². The Morgan fingerprint density at radius 2 is 1.67 bits per heavy atom. The molecule has 0 saturated carbocycles. The number of nitrogens with zero attached hydrogens (tertiary/aromatic N) is 1. The first kappa shape index (κ1) is 22.0. The van der Waals surface area contributed by atoms with Crippen molar-refractivity contribution in [2.24, 2.45) is 5.92 Å². The number of likely N-dealkylation sites (tertiary alicyclic amines) is 1. The third-order valence-corrected chi connectivity index (χ3v) is 6.02. The quantitative estimate of drug-likeness (QED) is 0.783. The second-order valence-electron chi connectivity index (χ2n) is 8.66. The number of benzene rings is 2. The molecule has 0 spiro atoms. The van der Waals surface area contributed by atoms with Crippen LogP contribution < -0.4 is 5.32 Å². The number of nitrogens with one attached hydrogen (secondary N) is 1. The highest BCUT2D eigenvalue weighted by molar-refractivity contribution is 5.98. The van der Waals surface area contributed by atoms with Crippen LogP contribution in [0.4, 0.5) is 4.39 Å². The van der Waals surface area contributed by atoms with Gasteiger partial charge in [-0.05, 0) is 61.8 Å². The summed E-state index contributed by atoms with van der Waals surface area (Å²) in [5.74, 6) is -0.540. The Morgan fingerprint density at radius 1 is 1.03 bits per heavy atom. The molecular formula is C25H31FN2O2. The lowest BCUT2D eigenvalue weighted by atomic mass is 9.88. The van der Waals surface area contributed by atoms with Crippen molar-refractivity contribution in [3.05, 3.63) is 70.5 Å². The number of piperidine rings is 1.